The van der Waals surface area contributed by atoms with Gasteiger partial charge in [-0.2, -0.15) is 0 Å². The highest BCUT2D eigenvalue weighted by atomic mass is 19.1. The van der Waals surface area contributed by atoms with Crippen LogP contribution < -0.4 is 9.80 Å². The third-order valence-electron chi connectivity index (χ3n) is 7.73. The molecule has 0 bridgehead atoms. The highest BCUT2D eigenvalue weighted by Crippen LogP contribution is 2.42. The quantitative estimate of drug-likeness (QED) is 0.503. The number of carboxylic acids is 1. The second-order valence-electron chi connectivity index (χ2n) is 9.82. The van der Waals surface area contributed by atoms with Crippen LogP contribution in [0.2, 0.25) is 0 Å². The number of hydrogen-bond acceptors (Lipinski definition) is 5. The van der Waals surface area contributed by atoms with E-state index in [2.05, 4.69) is 4.57 Å². The van der Waals surface area contributed by atoms with Gasteiger partial charge in [0, 0.05) is 30.4 Å². The minimum absolute atomic E-state index is 0.0112. The van der Waals surface area contributed by atoms with Crippen LogP contribution in [-0.4, -0.2) is 46.9 Å². The fraction of sp³-hybridized carbons (Fsp3) is 0.444. The lowest BCUT2D eigenvalue weighted by Crippen LogP contribution is -2.42. The molecule has 2 aromatic carbocycles. The van der Waals surface area contributed by atoms with Crippen molar-refractivity contribution in [2.24, 2.45) is 5.92 Å². The van der Waals surface area contributed by atoms with Gasteiger partial charge in [-0.3, -0.25) is 9.69 Å². The summed E-state index contributed by atoms with van der Waals surface area (Å²) in [6, 6.07) is 10.3. The Labute approximate surface area is 209 Å². The lowest BCUT2D eigenvalue weighted by Gasteiger charge is -2.34. The Kier molecular flexibility index (Phi) is 6.32. The first kappa shape index (κ1) is 24.1. The van der Waals surface area contributed by atoms with Crippen molar-refractivity contribution >= 4 is 40.4 Å². The molecule has 3 aromatic rings. The zero-order valence-corrected chi connectivity index (χ0v) is 20.8. The number of benzene rings is 2. The van der Waals surface area contributed by atoms with Crippen molar-refractivity contribution in [3.8, 4) is 0 Å². The van der Waals surface area contributed by atoms with E-state index in [9.17, 15) is 19.1 Å². The van der Waals surface area contributed by atoms with Crippen LogP contribution in [0.15, 0.2) is 36.4 Å². The van der Waals surface area contributed by atoms with Crippen LogP contribution >= 0.6 is 0 Å². The van der Waals surface area contributed by atoms with Crippen LogP contribution in [0.5, 0.6) is 0 Å². The molecule has 1 saturated carbocycles. The number of imidazole rings is 1. The maximum atomic E-state index is 13.6. The molecular formula is C27H31FN4O4. The number of amides is 1. The summed E-state index contributed by atoms with van der Waals surface area (Å²) >= 11 is 0. The molecule has 8 nitrogen and oxygen atoms in total. The number of anilines is 3. The van der Waals surface area contributed by atoms with Gasteiger partial charge in [-0.15, -0.1) is 0 Å². The van der Waals surface area contributed by atoms with Gasteiger partial charge in [-0.1, -0.05) is 0 Å². The predicted molar refractivity (Wildman–Crippen MR) is 135 cm³/mol. The Morgan fingerprint density at radius 2 is 1.78 bits per heavy atom. The van der Waals surface area contributed by atoms with Crippen molar-refractivity contribution < 1.29 is 23.8 Å². The smallest absolute Gasteiger partial charge is 0.414 e. The molecular weight excluding hydrogens is 463 g/mol. The van der Waals surface area contributed by atoms with E-state index in [4.69, 9.17) is 9.72 Å². The number of aromatic nitrogens is 2. The summed E-state index contributed by atoms with van der Waals surface area (Å²) in [5.74, 6) is -0.651. The van der Waals surface area contributed by atoms with Gasteiger partial charge in [-0.25, -0.2) is 14.2 Å². The lowest BCUT2D eigenvalue weighted by molar-refractivity contribution is -0.143. The fourth-order valence-electron chi connectivity index (χ4n) is 5.72. The van der Waals surface area contributed by atoms with Gasteiger partial charge >= 0.3 is 12.1 Å². The average Bonchev–Trinajstić information content (AvgIpc) is 3.28. The van der Waals surface area contributed by atoms with Crippen LogP contribution in [0.4, 0.5) is 26.5 Å². The summed E-state index contributed by atoms with van der Waals surface area (Å²) in [6.45, 7) is 2.01. The second-order valence-corrected chi connectivity index (χ2v) is 9.82. The number of aryl methyl sites for hydroxylation is 1. The number of aliphatic carboxylic acids is 1. The molecule has 1 aliphatic heterocycles. The standard InChI is InChI=1S/C27H31FN4O4/c1-16-4-13-21-22(31(16)27(35)36-3)14-15-23-24(21)29-26(30(2)19-11-7-18(28)8-12-19)32(23)20-9-5-17(6-10-20)25(33)34/h7-8,11-12,14-17,20H,4-6,9-10,13H2,1-3H3,(H,33,34). The van der Waals surface area contributed by atoms with Gasteiger partial charge in [0.2, 0.25) is 5.95 Å². The van der Waals surface area contributed by atoms with Crippen LogP contribution in [0.1, 0.15) is 50.6 Å². The topological polar surface area (TPSA) is 87.9 Å². The number of methoxy groups -OCH3 is 1. The molecule has 0 radical (unpaired) electrons. The molecule has 0 saturated heterocycles. The second kappa shape index (κ2) is 9.44. The Balaban J connectivity index is 1.65. The molecule has 36 heavy (non-hydrogen) atoms. The van der Waals surface area contributed by atoms with E-state index in [0.717, 1.165) is 53.7 Å². The summed E-state index contributed by atoms with van der Waals surface area (Å²) < 4.78 is 20.9. The molecule has 1 aliphatic carbocycles. The first-order valence-electron chi connectivity index (χ1n) is 12.4. The molecule has 1 amide bonds. The van der Waals surface area contributed by atoms with Gasteiger partial charge in [0.15, 0.2) is 0 Å². The molecule has 1 unspecified atom stereocenters. The minimum Gasteiger partial charge on any atom is -0.481 e. The lowest BCUT2D eigenvalue weighted by atomic mass is 9.86. The molecule has 2 heterocycles. The zero-order chi connectivity index (χ0) is 25.6. The number of halogens is 1. The molecule has 1 aromatic heterocycles. The Morgan fingerprint density at radius 1 is 1.08 bits per heavy atom. The van der Waals surface area contributed by atoms with Crippen molar-refractivity contribution in [2.75, 3.05) is 24.0 Å². The maximum Gasteiger partial charge on any atom is 0.414 e. The first-order chi connectivity index (χ1) is 17.3. The Hall–Kier alpha value is -3.62. The van der Waals surface area contributed by atoms with Crippen LogP contribution in [0.25, 0.3) is 11.0 Å². The number of carbonyl (C=O) groups excluding carboxylic acids is 1. The van der Waals surface area contributed by atoms with Crippen molar-refractivity contribution in [3.63, 3.8) is 0 Å². The number of rotatable bonds is 4. The molecule has 1 N–H and O–H groups in total. The first-order valence-corrected chi connectivity index (χ1v) is 12.4. The van der Waals surface area contributed by atoms with E-state index >= 15 is 0 Å². The number of ether oxygens (including phenoxy) is 1. The number of carbonyl (C=O) groups is 2. The van der Waals surface area contributed by atoms with Crippen LogP contribution in [0, 0.1) is 11.7 Å². The Morgan fingerprint density at radius 3 is 2.42 bits per heavy atom. The van der Waals surface area contributed by atoms with Crippen molar-refractivity contribution in [2.45, 2.75) is 57.5 Å². The van der Waals surface area contributed by atoms with Gasteiger partial charge in [0.1, 0.15) is 5.82 Å². The summed E-state index contributed by atoms with van der Waals surface area (Å²) in [5, 5.41) is 9.48. The third-order valence-corrected chi connectivity index (χ3v) is 7.73. The summed E-state index contributed by atoms with van der Waals surface area (Å²) in [7, 11) is 3.29. The molecule has 5 rings (SSSR count). The van der Waals surface area contributed by atoms with Crippen molar-refractivity contribution in [1.29, 1.82) is 0 Å². The highest BCUT2D eigenvalue weighted by Gasteiger charge is 2.34. The van der Waals surface area contributed by atoms with Crippen LogP contribution in [0.3, 0.4) is 0 Å². The van der Waals surface area contributed by atoms with E-state index in [1.54, 1.807) is 17.0 Å². The number of fused-ring (bicyclic) bond motifs is 3. The number of carboxylic acid groups (broad SMARTS) is 1. The summed E-state index contributed by atoms with van der Waals surface area (Å²) in [4.78, 5) is 32.9. The molecule has 0 spiro atoms. The van der Waals surface area contributed by atoms with Crippen LogP contribution in [-0.2, 0) is 16.0 Å². The molecule has 9 heteroatoms. The number of hydrogen-bond donors (Lipinski definition) is 1. The van der Waals surface area contributed by atoms with E-state index in [1.165, 1.54) is 19.2 Å². The third kappa shape index (κ3) is 4.06. The van der Waals surface area contributed by atoms with Crippen molar-refractivity contribution in [1.82, 2.24) is 9.55 Å². The molecule has 2 aliphatic rings. The predicted octanol–water partition coefficient (Wildman–Crippen LogP) is 5.67. The average molecular weight is 495 g/mol. The van der Waals surface area contributed by atoms with E-state index < -0.39 is 12.1 Å². The minimum atomic E-state index is -0.737. The highest BCUT2D eigenvalue weighted by molar-refractivity contribution is 5.96. The SMILES string of the molecule is COC(=O)N1c2ccc3c(nc(N(C)c4ccc(F)cc4)n3C3CCC(C(=O)O)CC3)c2CCC1C. The van der Waals surface area contributed by atoms with Gasteiger partial charge in [0.25, 0.3) is 0 Å². The monoisotopic (exact) mass is 494 g/mol. The Bertz CT molecular complexity index is 1300. The zero-order valence-electron chi connectivity index (χ0n) is 20.8. The maximum absolute atomic E-state index is 13.6. The van der Waals surface area contributed by atoms with E-state index in [-0.39, 0.29) is 23.8 Å². The summed E-state index contributed by atoms with van der Waals surface area (Å²) in [6.07, 6.45) is 3.86. The largest absolute Gasteiger partial charge is 0.481 e. The summed E-state index contributed by atoms with van der Waals surface area (Å²) in [5.41, 5.74) is 4.39. The molecule has 1 fully saturated rings. The fourth-order valence-corrected chi connectivity index (χ4v) is 5.72. The van der Waals surface area contributed by atoms with Crippen molar-refractivity contribution in [3.05, 3.63) is 47.8 Å². The van der Waals surface area contributed by atoms with Gasteiger partial charge < -0.3 is 19.3 Å². The van der Waals surface area contributed by atoms with E-state index in [1.807, 2.05) is 31.0 Å². The number of nitrogens with zero attached hydrogens (tertiary/aromatic N) is 4. The molecule has 1 atom stereocenters. The van der Waals surface area contributed by atoms with E-state index in [0.29, 0.717) is 18.8 Å². The van der Waals surface area contributed by atoms with Gasteiger partial charge in [-0.05, 0) is 81.8 Å². The molecule has 190 valence electrons. The normalized spacial score (nSPS) is 21.8. The van der Waals surface area contributed by atoms with Gasteiger partial charge in [0.05, 0.1) is 29.7 Å².